The van der Waals surface area contributed by atoms with E-state index in [1.165, 1.54) is 0 Å². The van der Waals surface area contributed by atoms with Gasteiger partial charge in [0.05, 0.1) is 28.9 Å². The number of pyridine rings is 1. The molecule has 1 aliphatic rings. The van der Waals surface area contributed by atoms with Crippen molar-refractivity contribution in [1.29, 1.82) is 0 Å². The van der Waals surface area contributed by atoms with Gasteiger partial charge in [0.15, 0.2) is 0 Å². The summed E-state index contributed by atoms with van der Waals surface area (Å²) in [6, 6.07) is 9.04. The highest BCUT2D eigenvalue weighted by Gasteiger charge is 2.16. The van der Waals surface area contributed by atoms with Crippen LogP contribution in [0.15, 0.2) is 45.8 Å². The Morgan fingerprint density at radius 2 is 2.07 bits per heavy atom. The first-order valence-corrected chi connectivity index (χ1v) is 10.5. The molecular formula is C21H23BrN4O3. The van der Waals surface area contributed by atoms with Crippen LogP contribution < -0.4 is 10.9 Å². The summed E-state index contributed by atoms with van der Waals surface area (Å²) >= 11 is 3.58. The summed E-state index contributed by atoms with van der Waals surface area (Å²) in [5, 5.41) is 3.86. The van der Waals surface area contributed by atoms with E-state index in [0.717, 1.165) is 54.6 Å². The van der Waals surface area contributed by atoms with Crippen LogP contribution in [0.3, 0.4) is 0 Å². The van der Waals surface area contributed by atoms with Crippen LogP contribution in [-0.2, 0) is 4.74 Å². The lowest BCUT2D eigenvalue weighted by molar-refractivity contribution is 0.0374. The molecule has 2 aromatic heterocycles. The molecule has 0 unspecified atom stereocenters. The minimum atomic E-state index is -0.169. The van der Waals surface area contributed by atoms with Crippen molar-refractivity contribution < 1.29 is 9.53 Å². The zero-order valence-corrected chi connectivity index (χ0v) is 17.5. The molecule has 3 heterocycles. The van der Waals surface area contributed by atoms with Gasteiger partial charge >= 0.3 is 0 Å². The number of aromatic nitrogens is 2. The number of amides is 1. The number of hydrogen-bond acceptors (Lipinski definition) is 4. The van der Waals surface area contributed by atoms with Gasteiger partial charge in [-0.1, -0.05) is 0 Å². The zero-order valence-electron chi connectivity index (χ0n) is 16.0. The fourth-order valence-corrected chi connectivity index (χ4v) is 4.18. The molecule has 29 heavy (non-hydrogen) atoms. The number of rotatable bonds is 6. The summed E-state index contributed by atoms with van der Waals surface area (Å²) in [5.41, 5.74) is 2.53. The van der Waals surface area contributed by atoms with Crippen LogP contribution in [0.5, 0.6) is 0 Å². The molecule has 1 aromatic carbocycles. The van der Waals surface area contributed by atoms with Gasteiger partial charge in [-0.2, -0.15) is 0 Å². The van der Waals surface area contributed by atoms with Gasteiger partial charge in [-0.05, 0) is 59.2 Å². The van der Waals surface area contributed by atoms with E-state index in [4.69, 9.17) is 4.74 Å². The van der Waals surface area contributed by atoms with Gasteiger partial charge in [-0.15, -0.1) is 0 Å². The Morgan fingerprint density at radius 3 is 2.86 bits per heavy atom. The summed E-state index contributed by atoms with van der Waals surface area (Å²) in [4.78, 5) is 33.0. The Bertz CT molecular complexity index is 1070. The molecule has 1 amide bonds. The Labute approximate surface area is 176 Å². The third-order valence-corrected chi connectivity index (χ3v) is 5.95. The third-order valence-electron chi connectivity index (χ3n) is 5.13. The number of fused-ring (bicyclic) bond motifs is 1. The van der Waals surface area contributed by atoms with Crippen LogP contribution in [0.1, 0.15) is 16.8 Å². The number of benzene rings is 1. The first-order valence-electron chi connectivity index (χ1n) is 9.71. The zero-order chi connectivity index (χ0) is 20.2. The molecule has 1 fully saturated rings. The smallest absolute Gasteiger partial charge is 0.257 e. The van der Waals surface area contributed by atoms with E-state index in [0.29, 0.717) is 23.4 Å². The van der Waals surface area contributed by atoms with Crippen LogP contribution in [0.4, 0.5) is 0 Å². The summed E-state index contributed by atoms with van der Waals surface area (Å²) in [7, 11) is 0. The molecule has 152 valence electrons. The van der Waals surface area contributed by atoms with E-state index in [-0.39, 0.29) is 11.5 Å². The molecule has 7 nitrogen and oxygen atoms in total. The van der Waals surface area contributed by atoms with Gasteiger partial charge in [0, 0.05) is 42.3 Å². The monoisotopic (exact) mass is 458 g/mol. The maximum Gasteiger partial charge on any atom is 0.257 e. The number of hydrogen-bond donors (Lipinski definition) is 3. The second-order valence-electron chi connectivity index (χ2n) is 7.05. The van der Waals surface area contributed by atoms with E-state index >= 15 is 0 Å². The number of carbonyl (C=O) groups excluding carboxylic acids is 1. The van der Waals surface area contributed by atoms with Crippen LogP contribution in [0, 0.1) is 0 Å². The maximum absolute atomic E-state index is 12.6. The van der Waals surface area contributed by atoms with Crippen molar-refractivity contribution >= 4 is 32.7 Å². The topological polar surface area (TPSA) is 90.2 Å². The molecule has 3 aromatic rings. The maximum atomic E-state index is 12.6. The fourth-order valence-electron chi connectivity index (χ4n) is 3.54. The van der Waals surface area contributed by atoms with E-state index in [9.17, 15) is 9.59 Å². The van der Waals surface area contributed by atoms with Gasteiger partial charge in [0.1, 0.15) is 0 Å². The quantitative estimate of drug-likeness (QED) is 0.495. The number of aromatic amines is 2. The van der Waals surface area contributed by atoms with E-state index in [1.807, 2.05) is 12.1 Å². The Kier molecular flexibility index (Phi) is 6.13. The molecule has 0 aliphatic carbocycles. The molecule has 0 spiro atoms. The fraction of sp³-hybridized carbons (Fsp3) is 0.333. The molecule has 4 rings (SSSR count). The molecule has 0 atom stereocenters. The highest BCUT2D eigenvalue weighted by molar-refractivity contribution is 9.10. The highest BCUT2D eigenvalue weighted by atomic mass is 79.9. The number of halogens is 1. The van der Waals surface area contributed by atoms with E-state index < -0.39 is 0 Å². The molecule has 1 aliphatic heterocycles. The third kappa shape index (κ3) is 4.44. The standard InChI is InChI=1S/C21H23BrN4O3/c22-18-16-13-14(20(27)23-7-2-8-26-9-11-29-12-10-26)4-5-17(16)25-19(18)15-3-1-6-24-21(15)28/h1,3-6,13,25H,2,7-12H2,(H,23,27)(H,24,28). The number of ether oxygens (including phenoxy) is 1. The lowest BCUT2D eigenvalue weighted by Crippen LogP contribution is -2.38. The van der Waals surface area contributed by atoms with Crippen molar-refractivity contribution in [2.75, 3.05) is 39.4 Å². The predicted octanol–water partition coefficient (Wildman–Crippen LogP) is 2.74. The van der Waals surface area contributed by atoms with Gasteiger partial charge < -0.3 is 20.0 Å². The highest BCUT2D eigenvalue weighted by Crippen LogP contribution is 2.33. The number of nitrogens with one attached hydrogen (secondary N) is 3. The largest absolute Gasteiger partial charge is 0.379 e. The second-order valence-corrected chi connectivity index (χ2v) is 7.84. The lowest BCUT2D eigenvalue weighted by atomic mass is 10.1. The summed E-state index contributed by atoms with van der Waals surface area (Å²) in [6.07, 6.45) is 2.51. The summed E-state index contributed by atoms with van der Waals surface area (Å²) < 4.78 is 6.12. The van der Waals surface area contributed by atoms with Crippen LogP contribution in [-0.4, -0.2) is 60.2 Å². The molecule has 0 bridgehead atoms. The first kappa shape index (κ1) is 19.9. The number of H-pyrrole nitrogens is 2. The Balaban J connectivity index is 1.44. The average Bonchev–Trinajstić information content (AvgIpc) is 3.08. The van der Waals surface area contributed by atoms with Crippen LogP contribution >= 0.6 is 15.9 Å². The van der Waals surface area contributed by atoms with Crippen molar-refractivity contribution in [1.82, 2.24) is 20.2 Å². The average molecular weight is 459 g/mol. The number of carbonyl (C=O) groups is 1. The van der Waals surface area contributed by atoms with Gasteiger partial charge in [-0.3, -0.25) is 14.5 Å². The minimum absolute atomic E-state index is 0.0962. The second kappa shape index (κ2) is 8.94. The first-order chi connectivity index (χ1) is 14.1. The lowest BCUT2D eigenvalue weighted by Gasteiger charge is -2.26. The SMILES string of the molecule is O=C(NCCCN1CCOCC1)c1ccc2[nH]c(-c3ccc[nH]c3=O)c(Br)c2c1. The molecule has 0 saturated carbocycles. The molecule has 3 N–H and O–H groups in total. The van der Waals surface area contributed by atoms with Gasteiger partial charge in [0.25, 0.3) is 11.5 Å². The van der Waals surface area contributed by atoms with Crippen molar-refractivity contribution in [3.05, 3.63) is 56.9 Å². The summed E-state index contributed by atoms with van der Waals surface area (Å²) in [6.45, 7) is 5.08. The van der Waals surface area contributed by atoms with Gasteiger partial charge in [-0.25, -0.2) is 0 Å². The predicted molar refractivity (Wildman–Crippen MR) is 116 cm³/mol. The number of morpholine rings is 1. The molecule has 8 heteroatoms. The van der Waals surface area contributed by atoms with Crippen molar-refractivity contribution in [2.45, 2.75) is 6.42 Å². The van der Waals surface area contributed by atoms with E-state index in [1.54, 1.807) is 24.4 Å². The van der Waals surface area contributed by atoms with E-state index in [2.05, 4.69) is 36.1 Å². The van der Waals surface area contributed by atoms with Crippen molar-refractivity contribution in [3.63, 3.8) is 0 Å². The van der Waals surface area contributed by atoms with Crippen molar-refractivity contribution in [3.8, 4) is 11.3 Å². The van der Waals surface area contributed by atoms with Crippen LogP contribution in [0.2, 0.25) is 0 Å². The Hall–Kier alpha value is -2.42. The van der Waals surface area contributed by atoms with Crippen molar-refractivity contribution in [2.24, 2.45) is 0 Å². The molecule has 0 radical (unpaired) electrons. The minimum Gasteiger partial charge on any atom is -0.379 e. The van der Waals surface area contributed by atoms with Crippen LogP contribution in [0.25, 0.3) is 22.2 Å². The van der Waals surface area contributed by atoms with Gasteiger partial charge in [0.2, 0.25) is 0 Å². The normalized spacial score (nSPS) is 14.9. The summed E-state index contributed by atoms with van der Waals surface area (Å²) in [5.74, 6) is -0.0962. The molecule has 1 saturated heterocycles. The Morgan fingerprint density at radius 1 is 1.24 bits per heavy atom. The molecular weight excluding hydrogens is 436 g/mol. The number of nitrogens with zero attached hydrogens (tertiary/aromatic N) is 1.